The van der Waals surface area contributed by atoms with Gasteiger partial charge < -0.3 is 19.1 Å². The minimum absolute atomic E-state index is 0.246. The van der Waals surface area contributed by atoms with Crippen LogP contribution in [-0.2, 0) is 11.2 Å². The van der Waals surface area contributed by atoms with E-state index in [9.17, 15) is 0 Å². The lowest BCUT2D eigenvalue weighted by Crippen LogP contribution is -2.19. The lowest BCUT2D eigenvalue weighted by atomic mass is 9.86. The average Bonchev–Trinajstić information content (AvgIpc) is 3.07. The van der Waals surface area contributed by atoms with E-state index >= 15 is 0 Å². The molecule has 0 N–H and O–H groups in total. The van der Waals surface area contributed by atoms with E-state index in [0.717, 1.165) is 30.9 Å². The third-order valence-corrected chi connectivity index (χ3v) is 6.20. The van der Waals surface area contributed by atoms with Crippen LogP contribution in [0.1, 0.15) is 41.5 Å². The quantitative estimate of drug-likeness (QED) is 0.279. The molecule has 0 aromatic heterocycles. The Hall–Kier alpha value is -3.08. The minimum Gasteiger partial charge on any atom is -0.492 e. The number of benzene rings is 3. The highest BCUT2D eigenvalue weighted by Crippen LogP contribution is 2.39. The van der Waals surface area contributed by atoms with E-state index in [4.69, 9.17) is 14.2 Å². The molecule has 0 saturated carbocycles. The smallest absolute Gasteiger partial charge is 0.188 e. The van der Waals surface area contributed by atoms with Gasteiger partial charge in [-0.3, -0.25) is 0 Å². The van der Waals surface area contributed by atoms with Crippen LogP contribution in [-0.4, -0.2) is 46.0 Å². The van der Waals surface area contributed by atoms with Crippen LogP contribution in [0.5, 0.6) is 11.5 Å². The fourth-order valence-electron chi connectivity index (χ4n) is 4.47. The zero-order valence-electron chi connectivity index (χ0n) is 20.5. The largest absolute Gasteiger partial charge is 0.492 e. The first-order valence-corrected chi connectivity index (χ1v) is 12.1. The summed E-state index contributed by atoms with van der Waals surface area (Å²) < 4.78 is 16.6. The molecule has 4 heteroatoms. The Balaban J connectivity index is 1.74. The summed E-state index contributed by atoms with van der Waals surface area (Å²) in [7, 11) is 5.75. The maximum atomic E-state index is 5.95. The van der Waals surface area contributed by atoms with Gasteiger partial charge in [0.2, 0.25) is 0 Å². The Kier molecular flexibility index (Phi) is 8.40. The molecule has 0 unspecified atom stereocenters. The van der Waals surface area contributed by atoms with Crippen molar-refractivity contribution in [2.24, 2.45) is 0 Å². The number of ether oxygens (including phenoxy) is 3. The normalized spacial score (nSPS) is 14.9. The molecule has 4 rings (SSSR count). The number of methoxy groups -OCH3 is 1. The van der Waals surface area contributed by atoms with E-state index in [1.54, 1.807) is 7.11 Å². The molecular formula is C30H35NO3. The van der Waals surface area contributed by atoms with Gasteiger partial charge in [0.1, 0.15) is 18.1 Å². The fourth-order valence-corrected chi connectivity index (χ4v) is 4.47. The Morgan fingerprint density at radius 1 is 0.765 bits per heavy atom. The van der Waals surface area contributed by atoms with Gasteiger partial charge >= 0.3 is 0 Å². The molecular weight excluding hydrogens is 422 g/mol. The van der Waals surface area contributed by atoms with Crippen molar-refractivity contribution < 1.29 is 14.2 Å². The van der Waals surface area contributed by atoms with Crippen molar-refractivity contribution in [3.8, 4) is 11.5 Å². The molecule has 0 bridgehead atoms. The molecule has 0 fully saturated rings. The van der Waals surface area contributed by atoms with Gasteiger partial charge in [-0.25, -0.2) is 0 Å². The van der Waals surface area contributed by atoms with Gasteiger partial charge in [0, 0.05) is 13.7 Å². The lowest BCUT2D eigenvalue weighted by Gasteiger charge is -2.18. The molecule has 34 heavy (non-hydrogen) atoms. The van der Waals surface area contributed by atoms with E-state index in [-0.39, 0.29) is 6.79 Å². The van der Waals surface area contributed by atoms with Crippen molar-refractivity contribution >= 4 is 11.1 Å². The van der Waals surface area contributed by atoms with Gasteiger partial charge in [0.15, 0.2) is 6.79 Å². The SMILES string of the molecule is COCOc1ccc(C(=C2CCCCc3ccccc32)c2ccc(OCCN(C)C)cc2)cc1. The third-order valence-electron chi connectivity index (χ3n) is 6.20. The van der Waals surface area contributed by atoms with Crippen LogP contribution >= 0.6 is 0 Å². The number of fused-ring (bicyclic) bond motifs is 1. The highest BCUT2D eigenvalue weighted by Gasteiger charge is 2.19. The first kappa shape index (κ1) is 24.1. The maximum absolute atomic E-state index is 5.95. The number of aryl methyl sites for hydroxylation is 1. The Morgan fingerprint density at radius 3 is 2.03 bits per heavy atom. The van der Waals surface area contributed by atoms with Crippen molar-refractivity contribution in [3.63, 3.8) is 0 Å². The van der Waals surface area contributed by atoms with E-state index < -0.39 is 0 Å². The molecule has 178 valence electrons. The predicted octanol–water partition coefficient (Wildman–Crippen LogP) is 6.30. The fraction of sp³-hybridized carbons (Fsp3) is 0.333. The van der Waals surface area contributed by atoms with Crippen LogP contribution in [0.3, 0.4) is 0 Å². The van der Waals surface area contributed by atoms with Gasteiger partial charge in [-0.15, -0.1) is 0 Å². The monoisotopic (exact) mass is 457 g/mol. The van der Waals surface area contributed by atoms with Crippen molar-refractivity contribution in [2.75, 3.05) is 41.1 Å². The molecule has 0 radical (unpaired) electrons. The molecule has 1 aliphatic rings. The minimum atomic E-state index is 0.246. The van der Waals surface area contributed by atoms with Gasteiger partial charge in [-0.05, 0) is 97.4 Å². The van der Waals surface area contributed by atoms with Crippen LogP contribution in [0.15, 0.2) is 72.8 Å². The zero-order valence-corrected chi connectivity index (χ0v) is 20.5. The first-order chi connectivity index (χ1) is 16.7. The standard InChI is InChI=1S/C30H35NO3/c1-31(2)20-21-33-26-16-12-24(13-17-26)30(25-14-18-27(19-15-25)34-22-32-3)29-11-7-5-9-23-8-4-6-10-28(23)29/h4,6,8,10,12-19H,5,7,9,11,20-22H2,1-3H3. The highest BCUT2D eigenvalue weighted by molar-refractivity contribution is 5.99. The van der Waals surface area contributed by atoms with Crippen LogP contribution in [0, 0.1) is 0 Å². The summed E-state index contributed by atoms with van der Waals surface area (Å²) >= 11 is 0. The molecule has 0 saturated heterocycles. The van der Waals surface area contributed by atoms with Crippen LogP contribution < -0.4 is 9.47 Å². The maximum Gasteiger partial charge on any atom is 0.188 e. The summed E-state index contributed by atoms with van der Waals surface area (Å²) in [4.78, 5) is 2.13. The second-order valence-corrected chi connectivity index (χ2v) is 8.97. The topological polar surface area (TPSA) is 30.9 Å². The molecule has 0 spiro atoms. The predicted molar refractivity (Wildman–Crippen MR) is 139 cm³/mol. The van der Waals surface area contributed by atoms with Crippen LogP contribution in [0.2, 0.25) is 0 Å². The van der Waals surface area contributed by atoms with Crippen LogP contribution in [0.4, 0.5) is 0 Å². The van der Waals surface area contributed by atoms with E-state index in [2.05, 4.69) is 79.7 Å². The van der Waals surface area contributed by atoms with Crippen molar-refractivity contribution in [1.82, 2.24) is 4.90 Å². The third kappa shape index (κ3) is 6.07. The number of allylic oxidation sites excluding steroid dienone is 1. The molecule has 0 aliphatic heterocycles. The summed E-state index contributed by atoms with van der Waals surface area (Å²) in [5, 5.41) is 0. The highest BCUT2D eigenvalue weighted by atomic mass is 16.7. The van der Waals surface area contributed by atoms with Gasteiger partial charge in [0.05, 0.1) is 0 Å². The summed E-state index contributed by atoms with van der Waals surface area (Å²) in [5.74, 6) is 1.71. The second kappa shape index (κ2) is 11.9. The van der Waals surface area contributed by atoms with E-state index in [1.807, 2.05) is 12.1 Å². The average molecular weight is 458 g/mol. The number of hydrogen-bond donors (Lipinski definition) is 0. The molecule has 4 nitrogen and oxygen atoms in total. The molecule has 0 amide bonds. The van der Waals surface area contributed by atoms with Crippen molar-refractivity contribution in [3.05, 3.63) is 95.1 Å². The molecule has 0 atom stereocenters. The van der Waals surface area contributed by atoms with E-state index in [1.165, 1.54) is 46.2 Å². The summed E-state index contributed by atoms with van der Waals surface area (Å²) in [6, 6.07) is 25.8. The van der Waals surface area contributed by atoms with Gasteiger partial charge in [0.25, 0.3) is 0 Å². The number of hydrogen-bond acceptors (Lipinski definition) is 4. The molecule has 3 aromatic rings. The number of rotatable bonds is 9. The summed E-state index contributed by atoms with van der Waals surface area (Å²) in [6.07, 6.45) is 4.61. The summed E-state index contributed by atoms with van der Waals surface area (Å²) in [6.45, 7) is 1.82. The molecule has 0 heterocycles. The Labute approximate surface area is 203 Å². The van der Waals surface area contributed by atoms with Crippen molar-refractivity contribution in [2.45, 2.75) is 25.7 Å². The second-order valence-electron chi connectivity index (χ2n) is 8.97. The lowest BCUT2D eigenvalue weighted by molar-refractivity contribution is 0.0511. The number of likely N-dealkylation sites (N-methyl/N-ethyl adjacent to an activating group) is 1. The Bertz CT molecular complexity index is 1080. The Morgan fingerprint density at radius 2 is 1.38 bits per heavy atom. The van der Waals surface area contributed by atoms with Gasteiger partial charge in [-0.2, -0.15) is 0 Å². The van der Waals surface area contributed by atoms with Crippen molar-refractivity contribution in [1.29, 1.82) is 0 Å². The summed E-state index contributed by atoms with van der Waals surface area (Å²) in [5.41, 5.74) is 7.92. The number of nitrogens with zero attached hydrogens (tertiary/aromatic N) is 1. The molecule has 3 aromatic carbocycles. The molecule has 1 aliphatic carbocycles. The van der Waals surface area contributed by atoms with E-state index in [0.29, 0.717) is 6.61 Å². The first-order valence-electron chi connectivity index (χ1n) is 12.1. The van der Waals surface area contributed by atoms with Gasteiger partial charge in [-0.1, -0.05) is 48.5 Å². The zero-order chi connectivity index (χ0) is 23.8. The van der Waals surface area contributed by atoms with Crippen LogP contribution in [0.25, 0.3) is 11.1 Å².